The summed E-state index contributed by atoms with van der Waals surface area (Å²) in [6, 6.07) is 1.87. The first-order valence-corrected chi connectivity index (χ1v) is 11.0. The van der Waals surface area contributed by atoms with Crippen LogP contribution in [0.2, 0.25) is 5.02 Å². The van der Waals surface area contributed by atoms with E-state index in [1.54, 1.807) is 11.0 Å². The van der Waals surface area contributed by atoms with Crippen LogP contribution in [0.4, 0.5) is 0 Å². The molecule has 1 saturated heterocycles. The standard InChI is InChI=1S/C25H25ClN4O/c1-17-14-29-15-21(12-23(26)25(29)27-17)19-4-3-5-22-7-6-20(16-30(22)24(31)13-19)18-8-10-28(2)11-9-18/h3-7,12-16,18H,8-11H2,1-2H3/b4-3+,19-13+,22-5+. The van der Waals surface area contributed by atoms with Gasteiger partial charge in [-0.05, 0) is 75.2 Å². The summed E-state index contributed by atoms with van der Waals surface area (Å²) in [6.07, 6.45) is 20.0. The number of hydrogen-bond donors (Lipinski definition) is 0. The lowest BCUT2D eigenvalue weighted by molar-refractivity contribution is -0.122. The van der Waals surface area contributed by atoms with E-state index in [1.807, 2.05) is 60.3 Å². The number of nitrogens with zero attached hydrogens (tertiary/aromatic N) is 4. The topological polar surface area (TPSA) is 40.9 Å². The molecule has 2 aromatic rings. The van der Waals surface area contributed by atoms with Gasteiger partial charge in [-0.25, -0.2) is 4.98 Å². The minimum absolute atomic E-state index is 0.0570. The van der Waals surface area contributed by atoms with Crippen molar-refractivity contribution in [2.24, 2.45) is 5.92 Å². The van der Waals surface area contributed by atoms with E-state index in [-0.39, 0.29) is 5.91 Å². The van der Waals surface area contributed by atoms with Gasteiger partial charge in [-0.15, -0.1) is 0 Å². The van der Waals surface area contributed by atoms with Gasteiger partial charge in [0.05, 0.1) is 10.7 Å². The Morgan fingerprint density at radius 1 is 1.13 bits per heavy atom. The average molecular weight is 433 g/mol. The van der Waals surface area contributed by atoms with Crippen LogP contribution in [0.25, 0.3) is 11.2 Å². The van der Waals surface area contributed by atoms with Gasteiger partial charge in [0.15, 0.2) is 5.65 Å². The number of halogens is 1. The maximum absolute atomic E-state index is 13.3. The summed E-state index contributed by atoms with van der Waals surface area (Å²) in [5.41, 5.74) is 5.43. The lowest BCUT2D eigenvalue weighted by Crippen LogP contribution is -2.32. The molecule has 0 radical (unpaired) electrons. The number of pyridine rings is 1. The fraction of sp³-hybridized carbons (Fsp3) is 0.280. The van der Waals surface area contributed by atoms with Crippen molar-refractivity contribution in [3.63, 3.8) is 0 Å². The maximum Gasteiger partial charge on any atom is 0.255 e. The van der Waals surface area contributed by atoms with Crippen LogP contribution in [0.5, 0.6) is 0 Å². The molecule has 2 aromatic heterocycles. The van der Waals surface area contributed by atoms with E-state index in [9.17, 15) is 4.79 Å². The SMILES string of the molecule is Cc1cn2cc(C3=C\C(=O)N4C=C(C5CCN(C)CC5)C=C\C4=C/C=C/3)cc(Cl)c2n1. The highest BCUT2D eigenvalue weighted by Crippen LogP contribution is 2.31. The third kappa shape index (κ3) is 3.91. The second-order valence-electron chi connectivity index (χ2n) is 8.49. The highest BCUT2D eigenvalue weighted by atomic mass is 35.5. The zero-order valence-electron chi connectivity index (χ0n) is 17.8. The number of aromatic nitrogens is 2. The van der Waals surface area contributed by atoms with E-state index in [0.717, 1.165) is 54.1 Å². The van der Waals surface area contributed by atoms with Gasteiger partial charge < -0.3 is 9.30 Å². The highest BCUT2D eigenvalue weighted by Gasteiger charge is 2.24. The summed E-state index contributed by atoms with van der Waals surface area (Å²) >= 11 is 6.47. The predicted octanol–water partition coefficient (Wildman–Crippen LogP) is 4.76. The van der Waals surface area contributed by atoms with Crippen molar-refractivity contribution in [1.29, 1.82) is 0 Å². The third-order valence-corrected chi connectivity index (χ3v) is 6.49. The van der Waals surface area contributed by atoms with Gasteiger partial charge in [0.2, 0.25) is 0 Å². The van der Waals surface area contributed by atoms with Crippen LogP contribution in [-0.2, 0) is 4.79 Å². The van der Waals surface area contributed by atoms with E-state index >= 15 is 0 Å². The molecule has 1 fully saturated rings. The average Bonchev–Trinajstić information content (AvgIpc) is 3.13. The molecular formula is C25H25ClN4O. The number of rotatable bonds is 2. The Labute approximate surface area is 187 Å². The van der Waals surface area contributed by atoms with Crippen molar-refractivity contribution in [2.75, 3.05) is 20.1 Å². The molecule has 0 saturated carbocycles. The molecule has 5 heterocycles. The molecule has 31 heavy (non-hydrogen) atoms. The molecule has 1 amide bonds. The van der Waals surface area contributed by atoms with E-state index in [0.29, 0.717) is 10.9 Å². The molecule has 5 nitrogen and oxygen atoms in total. The monoisotopic (exact) mass is 432 g/mol. The molecule has 3 aliphatic heterocycles. The van der Waals surface area contributed by atoms with E-state index in [4.69, 9.17) is 11.6 Å². The zero-order chi connectivity index (χ0) is 21.5. The minimum atomic E-state index is -0.0570. The molecule has 0 unspecified atom stereocenters. The molecule has 0 bridgehead atoms. The summed E-state index contributed by atoms with van der Waals surface area (Å²) in [6.45, 7) is 4.12. The Morgan fingerprint density at radius 3 is 2.74 bits per heavy atom. The number of aryl methyl sites for hydroxylation is 1. The number of carbonyl (C=O) groups excluding carboxylic acids is 1. The number of amides is 1. The molecule has 0 N–H and O–H groups in total. The third-order valence-electron chi connectivity index (χ3n) is 6.21. The van der Waals surface area contributed by atoms with Gasteiger partial charge in [0.1, 0.15) is 0 Å². The predicted molar refractivity (Wildman–Crippen MR) is 124 cm³/mol. The van der Waals surface area contributed by atoms with Crippen molar-refractivity contribution in [1.82, 2.24) is 19.2 Å². The molecule has 0 atom stereocenters. The van der Waals surface area contributed by atoms with E-state index < -0.39 is 0 Å². The molecule has 3 aliphatic rings. The van der Waals surface area contributed by atoms with Crippen LogP contribution in [0.15, 0.2) is 72.4 Å². The number of carbonyl (C=O) groups is 1. The van der Waals surface area contributed by atoms with Crippen LogP contribution >= 0.6 is 11.6 Å². The van der Waals surface area contributed by atoms with Crippen molar-refractivity contribution < 1.29 is 4.79 Å². The van der Waals surface area contributed by atoms with Gasteiger partial charge in [-0.3, -0.25) is 9.69 Å². The second-order valence-corrected chi connectivity index (χ2v) is 8.90. The second kappa shape index (κ2) is 7.98. The highest BCUT2D eigenvalue weighted by molar-refractivity contribution is 6.33. The molecular weight excluding hydrogens is 408 g/mol. The van der Waals surface area contributed by atoms with Crippen molar-refractivity contribution in [2.45, 2.75) is 19.8 Å². The zero-order valence-corrected chi connectivity index (χ0v) is 18.5. The van der Waals surface area contributed by atoms with Crippen LogP contribution < -0.4 is 0 Å². The van der Waals surface area contributed by atoms with Crippen molar-refractivity contribution in [3.05, 3.63) is 88.7 Å². The van der Waals surface area contributed by atoms with Crippen LogP contribution in [-0.4, -0.2) is 45.2 Å². The van der Waals surface area contributed by atoms with Gasteiger partial charge in [-0.2, -0.15) is 0 Å². The molecule has 0 aromatic carbocycles. The lowest BCUT2D eigenvalue weighted by Gasteiger charge is -2.32. The number of hydrogen-bond acceptors (Lipinski definition) is 3. The van der Waals surface area contributed by atoms with E-state index in [2.05, 4.69) is 23.0 Å². The van der Waals surface area contributed by atoms with E-state index in [1.165, 1.54) is 5.57 Å². The summed E-state index contributed by atoms with van der Waals surface area (Å²) in [7, 11) is 2.16. The number of likely N-dealkylation sites (tertiary alicyclic amines) is 1. The van der Waals surface area contributed by atoms with Crippen molar-refractivity contribution in [3.8, 4) is 0 Å². The Bertz CT molecular complexity index is 1210. The Hall–Kier alpha value is -2.89. The Kier molecular flexibility index (Phi) is 5.16. The van der Waals surface area contributed by atoms with Crippen LogP contribution in [0.3, 0.4) is 0 Å². The molecule has 5 rings (SSSR count). The lowest BCUT2D eigenvalue weighted by atomic mass is 9.88. The fourth-order valence-corrected chi connectivity index (χ4v) is 4.71. The van der Waals surface area contributed by atoms with Crippen LogP contribution in [0, 0.1) is 12.8 Å². The quantitative estimate of drug-likeness (QED) is 0.687. The number of piperidine rings is 1. The van der Waals surface area contributed by atoms with Gasteiger partial charge in [0, 0.05) is 35.9 Å². The first kappa shape index (κ1) is 20.0. The first-order valence-electron chi connectivity index (χ1n) is 10.6. The molecule has 0 aliphatic carbocycles. The summed E-state index contributed by atoms with van der Waals surface area (Å²) in [4.78, 5) is 21.8. The number of fused-ring (bicyclic) bond motifs is 2. The van der Waals surface area contributed by atoms with Gasteiger partial charge in [0.25, 0.3) is 5.91 Å². The Balaban J connectivity index is 1.48. The molecule has 6 heteroatoms. The fourth-order valence-electron chi connectivity index (χ4n) is 4.46. The normalized spacial score (nSPS) is 24.7. The summed E-state index contributed by atoms with van der Waals surface area (Å²) in [5, 5.41) is 0.566. The smallest absolute Gasteiger partial charge is 0.255 e. The van der Waals surface area contributed by atoms with Gasteiger partial charge in [-0.1, -0.05) is 29.8 Å². The van der Waals surface area contributed by atoms with Gasteiger partial charge >= 0.3 is 0 Å². The van der Waals surface area contributed by atoms with Crippen LogP contribution in [0.1, 0.15) is 24.1 Å². The largest absolute Gasteiger partial charge is 0.306 e. The minimum Gasteiger partial charge on any atom is -0.306 e. The summed E-state index contributed by atoms with van der Waals surface area (Å²) in [5.74, 6) is 0.440. The number of allylic oxidation sites excluding steroid dienone is 7. The summed E-state index contributed by atoms with van der Waals surface area (Å²) < 4.78 is 1.91. The maximum atomic E-state index is 13.3. The number of imidazole rings is 1. The Morgan fingerprint density at radius 2 is 1.94 bits per heavy atom. The first-order chi connectivity index (χ1) is 15.0. The molecule has 0 spiro atoms. The van der Waals surface area contributed by atoms with Crippen molar-refractivity contribution >= 4 is 28.7 Å². The molecule has 158 valence electrons.